The number of halogens is 6. The number of amides is 4. The number of fused-ring (bicyclic) bond motifs is 1. The molecule has 4 heterocycles. The first-order chi connectivity index (χ1) is 22.2. The third kappa shape index (κ3) is 5.90. The number of nitrogens with one attached hydrogen (secondary N) is 4. The van der Waals surface area contributed by atoms with Crippen molar-refractivity contribution >= 4 is 35.1 Å². The Morgan fingerprint density at radius 3 is 2.45 bits per heavy atom. The Balaban J connectivity index is 0.974. The quantitative estimate of drug-likeness (QED) is 0.282. The van der Waals surface area contributed by atoms with Crippen LogP contribution < -0.4 is 21.3 Å². The summed E-state index contributed by atoms with van der Waals surface area (Å²) in [5.74, 6) is -4.29. The highest BCUT2D eigenvalue weighted by Crippen LogP contribution is 2.53. The molecule has 4 amide bonds. The van der Waals surface area contributed by atoms with Crippen LogP contribution in [0.25, 0.3) is 11.3 Å². The van der Waals surface area contributed by atoms with Crippen LogP contribution in [0.2, 0.25) is 5.02 Å². The van der Waals surface area contributed by atoms with Gasteiger partial charge in [0.25, 0.3) is 17.7 Å². The maximum Gasteiger partial charge on any atom is 0.435 e. The smallest absolute Gasteiger partial charge is 0.349 e. The normalized spacial score (nSPS) is 25.8. The van der Waals surface area contributed by atoms with Crippen LogP contribution in [0.1, 0.15) is 45.6 Å². The zero-order valence-corrected chi connectivity index (χ0v) is 25.5. The molecule has 18 heteroatoms. The molecule has 7 rings (SSSR count). The maximum atomic E-state index is 13.7. The number of hydrogen-bond acceptors (Lipinski definition) is 6. The van der Waals surface area contributed by atoms with Crippen molar-refractivity contribution in [2.75, 3.05) is 31.5 Å². The number of aromatic nitrogens is 4. The third-order valence-electron chi connectivity index (χ3n) is 9.22. The van der Waals surface area contributed by atoms with Gasteiger partial charge >= 0.3 is 12.2 Å². The fraction of sp³-hybridized carbons (Fsp3) is 0.483. The highest BCUT2D eigenvalue weighted by atomic mass is 35.5. The number of benzene rings is 1. The number of imidazole rings is 1. The first-order valence-corrected chi connectivity index (χ1v) is 15.3. The molecule has 4 N–H and O–H groups in total. The van der Waals surface area contributed by atoms with Gasteiger partial charge in [-0.25, -0.2) is 18.6 Å². The first kappa shape index (κ1) is 31.4. The van der Waals surface area contributed by atoms with Gasteiger partial charge in [-0.15, -0.1) is 0 Å². The molecule has 0 radical (unpaired) electrons. The van der Waals surface area contributed by atoms with Gasteiger partial charge in [0.15, 0.2) is 11.5 Å². The van der Waals surface area contributed by atoms with Crippen LogP contribution in [0.15, 0.2) is 30.6 Å². The second-order valence-electron chi connectivity index (χ2n) is 12.4. The topological polar surface area (TPSA) is 138 Å². The van der Waals surface area contributed by atoms with E-state index >= 15 is 0 Å². The molecule has 12 nitrogen and oxygen atoms in total. The van der Waals surface area contributed by atoms with Crippen molar-refractivity contribution in [3.05, 3.63) is 52.7 Å². The van der Waals surface area contributed by atoms with Crippen LogP contribution in [0.4, 0.5) is 32.4 Å². The van der Waals surface area contributed by atoms with Crippen molar-refractivity contribution in [3.8, 4) is 11.3 Å². The minimum atomic E-state index is -4.94. The van der Waals surface area contributed by atoms with Crippen molar-refractivity contribution < 1.29 is 36.3 Å². The molecule has 47 heavy (non-hydrogen) atoms. The molecule has 3 aromatic rings. The summed E-state index contributed by atoms with van der Waals surface area (Å²) in [7, 11) is 1.31. The van der Waals surface area contributed by atoms with E-state index in [0.717, 1.165) is 36.5 Å². The zero-order chi connectivity index (χ0) is 33.4. The van der Waals surface area contributed by atoms with E-state index in [1.54, 1.807) is 4.90 Å². The van der Waals surface area contributed by atoms with Crippen molar-refractivity contribution in [2.45, 2.75) is 43.1 Å². The summed E-state index contributed by atoms with van der Waals surface area (Å²) in [5, 5.41) is 15.2. The molecule has 1 aromatic carbocycles. The lowest BCUT2D eigenvalue weighted by Crippen LogP contribution is -2.46. The van der Waals surface area contributed by atoms with Crippen LogP contribution in [-0.2, 0) is 13.2 Å². The van der Waals surface area contributed by atoms with Gasteiger partial charge in [0.05, 0.1) is 28.0 Å². The number of carbonyl (C=O) groups is 3. The van der Waals surface area contributed by atoms with Crippen molar-refractivity contribution in [3.63, 3.8) is 0 Å². The summed E-state index contributed by atoms with van der Waals surface area (Å²) in [4.78, 5) is 44.3. The molecular formula is C29H29ClF5N9O3. The molecule has 0 bridgehead atoms. The lowest BCUT2D eigenvalue weighted by atomic mass is 10.2. The minimum absolute atomic E-state index is 0.0527. The van der Waals surface area contributed by atoms with E-state index in [9.17, 15) is 36.3 Å². The van der Waals surface area contributed by atoms with Gasteiger partial charge in [0.2, 0.25) is 0 Å². The molecule has 4 fully saturated rings. The highest BCUT2D eigenvalue weighted by molar-refractivity contribution is 6.34. The Hall–Kier alpha value is -4.25. The number of nitrogens with zero attached hydrogens (tertiary/aromatic N) is 5. The predicted molar refractivity (Wildman–Crippen MR) is 157 cm³/mol. The molecule has 0 spiro atoms. The van der Waals surface area contributed by atoms with Gasteiger partial charge in [-0.05, 0) is 31.2 Å². The summed E-state index contributed by atoms with van der Waals surface area (Å²) >= 11 is 6.38. The fourth-order valence-corrected chi connectivity index (χ4v) is 6.71. The summed E-state index contributed by atoms with van der Waals surface area (Å²) in [5.41, 5.74) is -1.64. The number of hydrogen-bond donors (Lipinski definition) is 4. The first-order valence-electron chi connectivity index (χ1n) is 15.0. The van der Waals surface area contributed by atoms with Gasteiger partial charge in [-0.1, -0.05) is 11.6 Å². The monoisotopic (exact) mass is 681 g/mol. The van der Waals surface area contributed by atoms with E-state index in [2.05, 4.69) is 31.3 Å². The molecule has 2 aliphatic heterocycles. The van der Waals surface area contributed by atoms with E-state index in [-0.39, 0.29) is 57.7 Å². The molecular weight excluding hydrogens is 653 g/mol. The molecule has 4 atom stereocenters. The highest BCUT2D eigenvalue weighted by Gasteiger charge is 2.60. The molecule has 2 aromatic heterocycles. The van der Waals surface area contributed by atoms with E-state index in [1.807, 2.05) is 0 Å². The van der Waals surface area contributed by atoms with E-state index in [4.69, 9.17) is 11.6 Å². The Morgan fingerprint density at radius 2 is 1.83 bits per heavy atom. The number of carbonyl (C=O) groups excluding carboxylic acids is 3. The summed E-state index contributed by atoms with van der Waals surface area (Å²) in [6.45, 7) is 2.73. The Labute approximate surface area is 269 Å². The fourth-order valence-electron chi connectivity index (χ4n) is 6.45. The van der Waals surface area contributed by atoms with Gasteiger partial charge < -0.3 is 30.7 Å². The summed E-state index contributed by atoms with van der Waals surface area (Å²) in [6, 6.07) is 2.71. The number of urea groups is 1. The Kier molecular flexibility index (Phi) is 7.46. The van der Waals surface area contributed by atoms with Crippen LogP contribution in [-0.4, -0.2) is 86.3 Å². The number of alkyl halides is 5. The van der Waals surface area contributed by atoms with Crippen molar-refractivity contribution in [1.82, 2.24) is 40.2 Å². The van der Waals surface area contributed by atoms with Gasteiger partial charge in [-0.2, -0.15) is 18.3 Å². The van der Waals surface area contributed by atoms with Gasteiger partial charge in [-0.3, -0.25) is 14.3 Å². The molecule has 3 unspecified atom stereocenters. The van der Waals surface area contributed by atoms with Crippen LogP contribution in [0.3, 0.4) is 0 Å². The average Bonchev–Trinajstić information content (AvgIpc) is 3.48. The number of anilines is 1. The lowest BCUT2D eigenvalue weighted by molar-refractivity contribution is -0.141. The number of piperidine rings is 1. The van der Waals surface area contributed by atoms with Crippen molar-refractivity contribution in [2.24, 2.45) is 18.9 Å². The number of likely N-dealkylation sites (tertiary alicyclic amines) is 1. The SMILES string of the molecule is Cn1c(-c2cn(C3CC3(F)F)nc2C(F)(F)F)cnc1C(=O)Nc1ccc(C(=O)NC2C3CN(C(=O)N[C@H]4CCNC4)CC32)c(Cl)c1. The molecule has 2 aliphatic carbocycles. The zero-order valence-electron chi connectivity index (χ0n) is 24.7. The van der Waals surface area contributed by atoms with Gasteiger partial charge in [0.1, 0.15) is 6.04 Å². The van der Waals surface area contributed by atoms with Crippen molar-refractivity contribution in [1.29, 1.82) is 0 Å². The maximum absolute atomic E-state index is 13.7. The lowest BCUT2D eigenvalue weighted by Gasteiger charge is -2.23. The second kappa shape index (κ2) is 11.2. The van der Waals surface area contributed by atoms with Gasteiger partial charge in [0, 0.05) is 68.9 Å². The molecule has 2 saturated heterocycles. The molecule has 250 valence electrons. The molecule has 4 aliphatic rings. The van der Waals surface area contributed by atoms with Crippen LogP contribution in [0.5, 0.6) is 0 Å². The average molecular weight is 682 g/mol. The number of rotatable bonds is 7. The predicted octanol–water partition coefficient (Wildman–Crippen LogP) is 3.52. The summed E-state index contributed by atoms with van der Waals surface area (Å²) < 4.78 is 70.0. The molecule has 2 saturated carbocycles. The van der Waals surface area contributed by atoms with E-state index in [1.165, 1.54) is 25.2 Å². The largest absolute Gasteiger partial charge is 0.435 e. The standard InChI is InChI=1S/C29H29ClF5N9O3/c1-42-20(18-12-44(21-7-28(21,31)32)41-23(18)29(33,34)35)9-37-24(42)26(46)38-13-2-3-15(19(30)6-13)25(45)40-22-16-10-43(11-17(16)22)27(47)39-14-4-5-36-8-14/h2-3,6,9,12,14,16-17,21-22,36H,4-5,7-8,10-11H2,1H3,(H,38,46)(H,39,47)(H,40,45)/t14-,16?,17?,21?,22?/m0/s1. The minimum Gasteiger partial charge on any atom is -0.349 e. The van der Waals surface area contributed by atoms with E-state index in [0.29, 0.717) is 17.8 Å². The van der Waals surface area contributed by atoms with Crippen LogP contribution >= 0.6 is 11.6 Å². The Bertz CT molecular complexity index is 1760. The second-order valence-corrected chi connectivity index (χ2v) is 12.8. The van der Waals surface area contributed by atoms with Crippen LogP contribution in [0, 0.1) is 11.8 Å². The summed E-state index contributed by atoms with van der Waals surface area (Å²) in [6.07, 6.45) is -2.75. The van der Waals surface area contributed by atoms with E-state index < -0.39 is 47.6 Å². The third-order valence-corrected chi connectivity index (χ3v) is 9.53. The Morgan fingerprint density at radius 1 is 1.11 bits per heavy atom.